The summed E-state index contributed by atoms with van der Waals surface area (Å²) in [4.78, 5) is 0. The van der Waals surface area contributed by atoms with Gasteiger partial charge in [0.05, 0.1) is 26.0 Å². The van der Waals surface area contributed by atoms with Crippen molar-refractivity contribution in [1.82, 2.24) is 5.32 Å². The summed E-state index contributed by atoms with van der Waals surface area (Å²) < 4.78 is 10.4. The van der Waals surface area contributed by atoms with Crippen molar-refractivity contribution in [2.75, 3.05) is 26.4 Å². The molecule has 0 aliphatic heterocycles. The molecule has 4 heteroatoms. The van der Waals surface area contributed by atoms with Gasteiger partial charge in [0.2, 0.25) is 0 Å². The number of nitrogens with one attached hydrogen (secondary N) is 1. The fraction of sp³-hybridized carbons (Fsp3) is 0.636. The Balaban J connectivity index is 1.96. The number of aryl methyl sites for hydroxylation is 1. The molecule has 0 spiro atoms. The van der Waals surface area contributed by atoms with Crippen LogP contribution < -0.4 is 5.32 Å². The molecule has 86 valence electrons. The second-order valence-electron chi connectivity index (χ2n) is 3.39. The van der Waals surface area contributed by atoms with E-state index < -0.39 is 0 Å². The van der Waals surface area contributed by atoms with Crippen molar-refractivity contribution >= 4 is 0 Å². The number of rotatable bonds is 8. The van der Waals surface area contributed by atoms with Crippen molar-refractivity contribution < 1.29 is 14.3 Å². The van der Waals surface area contributed by atoms with Gasteiger partial charge in [-0.3, -0.25) is 0 Å². The number of aliphatic hydroxyl groups excluding tert-OH is 1. The minimum Gasteiger partial charge on any atom is -0.468 e. The highest BCUT2D eigenvalue weighted by atomic mass is 16.5. The first-order chi connectivity index (χ1) is 7.34. The first kappa shape index (κ1) is 12.2. The van der Waals surface area contributed by atoms with Crippen LogP contribution >= 0.6 is 0 Å². The summed E-state index contributed by atoms with van der Waals surface area (Å²) in [7, 11) is 0. The maximum absolute atomic E-state index is 8.47. The molecule has 0 bridgehead atoms. The highest BCUT2D eigenvalue weighted by molar-refractivity contribution is 5.13. The fourth-order valence-electron chi connectivity index (χ4n) is 1.25. The van der Waals surface area contributed by atoms with Gasteiger partial charge in [-0.1, -0.05) is 0 Å². The minimum atomic E-state index is 0.0962. The molecule has 4 nitrogen and oxygen atoms in total. The normalized spacial score (nSPS) is 10.8. The van der Waals surface area contributed by atoms with Crippen LogP contribution in [0.1, 0.15) is 17.7 Å². The Morgan fingerprint density at radius 3 is 3.00 bits per heavy atom. The van der Waals surface area contributed by atoms with E-state index in [0.717, 1.165) is 25.3 Å². The molecule has 0 fully saturated rings. The van der Waals surface area contributed by atoms with E-state index in [1.54, 1.807) is 6.26 Å². The first-order valence-corrected chi connectivity index (χ1v) is 5.27. The van der Waals surface area contributed by atoms with E-state index in [1.165, 1.54) is 5.56 Å². The van der Waals surface area contributed by atoms with Gasteiger partial charge in [-0.05, 0) is 31.5 Å². The Hall–Kier alpha value is -0.840. The summed E-state index contributed by atoms with van der Waals surface area (Å²) in [5.41, 5.74) is 1.18. The number of ether oxygens (including phenoxy) is 1. The Morgan fingerprint density at radius 1 is 1.47 bits per heavy atom. The molecule has 1 rings (SSSR count). The molecule has 1 heterocycles. The molecule has 0 saturated carbocycles. The Bertz CT molecular complexity index is 260. The number of hydrogen-bond acceptors (Lipinski definition) is 4. The third-order valence-electron chi connectivity index (χ3n) is 2.13. The van der Waals surface area contributed by atoms with Crippen LogP contribution in [0.15, 0.2) is 16.7 Å². The average molecular weight is 213 g/mol. The monoisotopic (exact) mass is 213 g/mol. The lowest BCUT2D eigenvalue weighted by molar-refractivity contribution is 0.0906. The molecular weight excluding hydrogens is 194 g/mol. The zero-order chi connectivity index (χ0) is 10.9. The predicted octanol–water partition coefficient (Wildman–Crippen LogP) is 1.08. The summed E-state index contributed by atoms with van der Waals surface area (Å²) in [6.45, 7) is 4.90. The van der Waals surface area contributed by atoms with Gasteiger partial charge < -0.3 is 19.6 Å². The van der Waals surface area contributed by atoms with Crippen LogP contribution in [0, 0.1) is 6.92 Å². The number of furan rings is 1. The molecule has 1 aromatic rings. The molecule has 0 unspecified atom stereocenters. The van der Waals surface area contributed by atoms with E-state index in [0.29, 0.717) is 13.2 Å². The third-order valence-corrected chi connectivity index (χ3v) is 2.13. The predicted molar refractivity (Wildman–Crippen MR) is 57.7 cm³/mol. The summed E-state index contributed by atoms with van der Waals surface area (Å²) >= 11 is 0. The lowest BCUT2D eigenvalue weighted by Gasteiger charge is -2.04. The van der Waals surface area contributed by atoms with Crippen molar-refractivity contribution in [1.29, 1.82) is 0 Å². The zero-order valence-electron chi connectivity index (χ0n) is 9.16. The maximum atomic E-state index is 8.47. The van der Waals surface area contributed by atoms with Gasteiger partial charge in [0.1, 0.15) is 5.76 Å². The van der Waals surface area contributed by atoms with Crippen LogP contribution in [0.5, 0.6) is 0 Å². The Morgan fingerprint density at radius 2 is 2.33 bits per heavy atom. The SMILES string of the molecule is Cc1ccoc1CNCCCOCCO. The first-order valence-electron chi connectivity index (χ1n) is 5.27. The molecule has 0 amide bonds. The van der Waals surface area contributed by atoms with Crippen LogP contribution in [0.3, 0.4) is 0 Å². The van der Waals surface area contributed by atoms with E-state index >= 15 is 0 Å². The van der Waals surface area contributed by atoms with Crippen molar-refractivity contribution in [3.63, 3.8) is 0 Å². The Kier molecular flexibility index (Phi) is 6.08. The molecule has 0 aliphatic carbocycles. The van der Waals surface area contributed by atoms with E-state index in [9.17, 15) is 0 Å². The number of hydrogen-bond donors (Lipinski definition) is 2. The molecule has 0 aromatic carbocycles. The van der Waals surface area contributed by atoms with Gasteiger partial charge in [-0.15, -0.1) is 0 Å². The fourth-order valence-corrected chi connectivity index (χ4v) is 1.25. The van der Waals surface area contributed by atoms with Crippen molar-refractivity contribution in [3.05, 3.63) is 23.7 Å². The van der Waals surface area contributed by atoms with Gasteiger partial charge in [-0.2, -0.15) is 0 Å². The second kappa shape index (κ2) is 7.45. The lowest BCUT2D eigenvalue weighted by atomic mass is 10.3. The summed E-state index contributed by atoms with van der Waals surface area (Å²) in [5, 5.41) is 11.7. The van der Waals surface area contributed by atoms with Gasteiger partial charge in [0.25, 0.3) is 0 Å². The third kappa shape index (κ3) is 4.97. The molecule has 0 radical (unpaired) electrons. The largest absolute Gasteiger partial charge is 0.468 e. The van der Waals surface area contributed by atoms with Crippen molar-refractivity contribution in [2.45, 2.75) is 19.9 Å². The zero-order valence-corrected chi connectivity index (χ0v) is 9.16. The molecule has 0 atom stereocenters. The van der Waals surface area contributed by atoms with Gasteiger partial charge in [-0.25, -0.2) is 0 Å². The number of aliphatic hydroxyl groups is 1. The summed E-state index contributed by atoms with van der Waals surface area (Å²) in [6.07, 6.45) is 2.65. The van der Waals surface area contributed by atoms with Crippen LogP contribution in [-0.4, -0.2) is 31.5 Å². The quantitative estimate of drug-likeness (QED) is 0.634. The van der Waals surface area contributed by atoms with E-state index in [-0.39, 0.29) is 6.61 Å². The lowest BCUT2D eigenvalue weighted by Crippen LogP contribution is -2.16. The summed E-state index contributed by atoms with van der Waals surface area (Å²) in [6, 6.07) is 1.96. The molecule has 15 heavy (non-hydrogen) atoms. The molecule has 0 aliphatic rings. The molecular formula is C11H19NO3. The second-order valence-corrected chi connectivity index (χ2v) is 3.39. The highest BCUT2D eigenvalue weighted by Gasteiger charge is 1.99. The van der Waals surface area contributed by atoms with E-state index in [1.807, 2.05) is 13.0 Å². The van der Waals surface area contributed by atoms with Crippen LogP contribution in [0.25, 0.3) is 0 Å². The van der Waals surface area contributed by atoms with Crippen molar-refractivity contribution in [2.24, 2.45) is 0 Å². The van der Waals surface area contributed by atoms with Crippen molar-refractivity contribution in [3.8, 4) is 0 Å². The maximum Gasteiger partial charge on any atom is 0.120 e. The highest BCUT2D eigenvalue weighted by Crippen LogP contribution is 2.07. The molecule has 2 N–H and O–H groups in total. The average Bonchev–Trinajstić information content (AvgIpc) is 2.63. The van der Waals surface area contributed by atoms with Crippen LogP contribution in [-0.2, 0) is 11.3 Å². The minimum absolute atomic E-state index is 0.0962. The summed E-state index contributed by atoms with van der Waals surface area (Å²) in [5.74, 6) is 0.992. The van der Waals surface area contributed by atoms with E-state index in [4.69, 9.17) is 14.3 Å². The van der Waals surface area contributed by atoms with Gasteiger partial charge in [0, 0.05) is 6.61 Å². The van der Waals surface area contributed by atoms with Crippen LogP contribution in [0.4, 0.5) is 0 Å². The van der Waals surface area contributed by atoms with Gasteiger partial charge >= 0.3 is 0 Å². The topological polar surface area (TPSA) is 54.6 Å². The smallest absolute Gasteiger partial charge is 0.120 e. The molecule has 1 aromatic heterocycles. The standard InChI is InChI=1S/C11H19NO3/c1-10-3-7-15-11(10)9-12-4-2-6-14-8-5-13/h3,7,12-13H,2,4-6,8-9H2,1H3. The van der Waals surface area contributed by atoms with Gasteiger partial charge in [0.15, 0.2) is 0 Å². The molecule has 0 saturated heterocycles. The van der Waals surface area contributed by atoms with Crippen LogP contribution in [0.2, 0.25) is 0 Å². The Labute approximate surface area is 90.2 Å². The van der Waals surface area contributed by atoms with E-state index in [2.05, 4.69) is 5.32 Å².